The van der Waals surface area contributed by atoms with E-state index in [4.69, 9.17) is 13.8 Å². The van der Waals surface area contributed by atoms with E-state index in [0.717, 1.165) is 64.2 Å². The number of quaternary nitrogens is 1. The summed E-state index contributed by atoms with van der Waals surface area (Å²) in [6.07, 6.45) is 73.9. The van der Waals surface area contributed by atoms with E-state index in [1.807, 2.05) is 33.3 Å². The molecule has 0 aliphatic heterocycles. The second kappa shape index (κ2) is 59.1. The smallest absolute Gasteiger partial charge is 0.456 e. The lowest BCUT2D eigenvalue weighted by Gasteiger charge is -2.27. The van der Waals surface area contributed by atoms with Crippen molar-refractivity contribution in [3.8, 4) is 0 Å². The number of nitrogens with one attached hydrogen (secondary N) is 1. The van der Waals surface area contributed by atoms with Gasteiger partial charge in [-0.15, -0.1) is 0 Å². The number of carbonyl (C=O) groups is 2. The summed E-state index contributed by atoms with van der Waals surface area (Å²) in [6, 6.07) is -0.850. The second-order valence-corrected chi connectivity index (χ2v) is 25.8. The standard InChI is InChI=1S/C69H131N2O7P/c1-7-10-13-16-19-22-25-28-30-32-34-35-37-38-40-43-46-49-52-55-58-61-68(72)70-66(65-77-79(74,75)76-64-63-71(4,5)6)67(60-57-54-51-48-45-42-27-24-21-18-15-12-9-3)78-69(73)62-59-56-53-50-47-44-41-39-36-33-31-29-26-23-20-17-14-11-8-2/h20,23,28-31,57,60,66-67H,7-19,21-22,24-27,32-56,58-59,61-65H2,1-6H3,(H-,70,72,74,75)/p+1/b23-20-,30-28+,31-29-,60-57+. The average molecular weight is 1130 g/mol. The Hall–Kier alpha value is -2.03. The molecule has 0 saturated carbocycles. The molecule has 79 heavy (non-hydrogen) atoms. The zero-order valence-electron chi connectivity index (χ0n) is 53.1. The monoisotopic (exact) mass is 1130 g/mol. The molecule has 0 aromatic heterocycles. The van der Waals surface area contributed by atoms with E-state index in [2.05, 4.69) is 62.5 Å². The number of phosphoric ester groups is 1. The Kier molecular flexibility index (Phi) is 57.6. The van der Waals surface area contributed by atoms with Crippen molar-refractivity contribution >= 4 is 19.7 Å². The molecule has 1 amide bonds. The lowest BCUT2D eigenvalue weighted by atomic mass is 10.0. The van der Waals surface area contributed by atoms with Crippen LogP contribution in [0.25, 0.3) is 0 Å². The maximum Gasteiger partial charge on any atom is 0.472 e. The van der Waals surface area contributed by atoms with Crippen LogP contribution in [0.3, 0.4) is 0 Å². The maximum absolute atomic E-state index is 13.6. The fraction of sp³-hybridized carbons (Fsp3) is 0.855. The van der Waals surface area contributed by atoms with Gasteiger partial charge in [-0.05, 0) is 89.5 Å². The Morgan fingerprint density at radius 2 is 0.772 bits per heavy atom. The molecule has 10 heteroatoms. The van der Waals surface area contributed by atoms with Crippen LogP contribution in [0.2, 0.25) is 0 Å². The van der Waals surface area contributed by atoms with E-state index in [0.29, 0.717) is 17.4 Å². The van der Waals surface area contributed by atoms with E-state index < -0.39 is 20.0 Å². The Morgan fingerprint density at radius 1 is 0.443 bits per heavy atom. The number of amides is 1. The summed E-state index contributed by atoms with van der Waals surface area (Å²) in [7, 11) is 1.50. The number of likely N-dealkylation sites (N-methyl/N-ethyl adjacent to an activating group) is 1. The normalized spacial score (nSPS) is 13.9. The summed E-state index contributed by atoms with van der Waals surface area (Å²) in [5, 5.41) is 3.07. The highest BCUT2D eigenvalue weighted by molar-refractivity contribution is 7.47. The van der Waals surface area contributed by atoms with Gasteiger partial charge in [-0.25, -0.2) is 4.57 Å². The van der Waals surface area contributed by atoms with Crippen LogP contribution < -0.4 is 5.32 Å². The van der Waals surface area contributed by atoms with Gasteiger partial charge in [-0.1, -0.05) is 275 Å². The van der Waals surface area contributed by atoms with Crippen LogP contribution in [0.4, 0.5) is 0 Å². The summed E-state index contributed by atoms with van der Waals surface area (Å²) in [4.78, 5) is 37.8. The lowest BCUT2D eigenvalue weighted by molar-refractivity contribution is -0.870. The number of phosphoric acid groups is 1. The quantitative estimate of drug-likeness (QED) is 0.0205. The van der Waals surface area contributed by atoms with E-state index in [9.17, 15) is 19.0 Å². The second-order valence-electron chi connectivity index (χ2n) is 24.3. The van der Waals surface area contributed by atoms with Crippen molar-refractivity contribution in [3.63, 3.8) is 0 Å². The largest absolute Gasteiger partial charge is 0.472 e. The molecule has 0 saturated heterocycles. The lowest BCUT2D eigenvalue weighted by Crippen LogP contribution is -2.47. The third kappa shape index (κ3) is 60.4. The van der Waals surface area contributed by atoms with Crippen LogP contribution in [0, 0.1) is 0 Å². The molecule has 0 spiro atoms. The van der Waals surface area contributed by atoms with Crippen molar-refractivity contribution in [2.75, 3.05) is 40.9 Å². The van der Waals surface area contributed by atoms with Gasteiger partial charge in [0.2, 0.25) is 5.91 Å². The Morgan fingerprint density at radius 3 is 1.18 bits per heavy atom. The molecule has 0 bridgehead atoms. The number of hydrogen-bond acceptors (Lipinski definition) is 6. The molecule has 2 N–H and O–H groups in total. The minimum Gasteiger partial charge on any atom is -0.456 e. The highest BCUT2D eigenvalue weighted by atomic mass is 31.2. The number of ether oxygens (including phenoxy) is 1. The number of allylic oxidation sites excluding steroid dienone is 7. The number of nitrogens with zero attached hydrogens (tertiary/aromatic N) is 1. The van der Waals surface area contributed by atoms with E-state index in [-0.39, 0.29) is 31.5 Å². The first-order chi connectivity index (χ1) is 38.4. The molecule has 9 nitrogen and oxygen atoms in total. The third-order valence-electron chi connectivity index (χ3n) is 15.2. The minimum absolute atomic E-state index is 0.0403. The van der Waals surface area contributed by atoms with Crippen molar-refractivity contribution in [1.29, 1.82) is 0 Å². The predicted octanol–water partition coefficient (Wildman–Crippen LogP) is 21.2. The fourth-order valence-electron chi connectivity index (χ4n) is 9.97. The van der Waals surface area contributed by atoms with Gasteiger partial charge >= 0.3 is 13.8 Å². The summed E-state index contributed by atoms with van der Waals surface area (Å²) >= 11 is 0. The molecule has 464 valence electrons. The topological polar surface area (TPSA) is 111 Å². The molecule has 0 aliphatic carbocycles. The van der Waals surface area contributed by atoms with Crippen molar-refractivity contribution in [3.05, 3.63) is 48.6 Å². The van der Waals surface area contributed by atoms with Crippen LogP contribution in [-0.2, 0) is 27.9 Å². The molecular formula is C69H132N2O7P+. The predicted molar refractivity (Wildman–Crippen MR) is 342 cm³/mol. The molecule has 0 rings (SSSR count). The SMILES string of the molecule is CCCCC/C=C\C/C=C\CCCCCCCCCCCC(=O)OC(/C=C/CCCCCCCCCCCCC)C(COP(=O)(O)OCC[N+](C)(C)C)NC(=O)CCCCCCCCCCCCC/C=C/CCCCCCCC. The van der Waals surface area contributed by atoms with Crippen LogP contribution in [0.1, 0.15) is 329 Å². The Balaban J connectivity index is 5.17. The van der Waals surface area contributed by atoms with E-state index in [1.165, 1.54) is 231 Å². The average Bonchev–Trinajstić information content (AvgIpc) is 3.41. The number of unbranched alkanes of at least 4 members (excludes halogenated alkanes) is 40. The van der Waals surface area contributed by atoms with Gasteiger partial charge in [0.25, 0.3) is 0 Å². The fourth-order valence-corrected chi connectivity index (χ4v) is 10.7. The summed E-state index contributed by atoms with van der Waals surface area (Å²) in [5.41, 5.74) is 0. The van der Waals surface area contributed by atoms with Gasteiger partial charge in [-0.2, -0.15) is 0 Å². The summed E-state index contributed by atoms with van der Waals surface area (Å²) in [5.74, 6) is -0.498. The zero-order chi connectivity index (χ0) is 57.9. The number of carbonyl (C=O) groups excluding carboxylic acids is 2. The van der Waals surface area contributed by atoms with Crippen LogP contribution in [-0.4, -0.2) is 74.3 Å². The van der Waals surface area contributed by atoms with Gasteiger partial charge < -0.3 is 19.4 Å². The number of hydrogen-bond donors (Lipinski definition) is 2. The van der Waals surface area contributed by atoms with Crippen molar-refractivity contribution < 1.29 is 37.3 Å². The first-order valence-corrected chi connectivity index (χ1v) is 35.5. The van der Waals surface area contributed by atoms with Crippen LogP contribution in [0.5, 0.6) is 0 Å². The minimum atomic E-state index is -4.45. The Labute approximate surface area is 490 Å². The third-order valence-corrected chi connectivity index (χ3v) is 16.2. The molecule has 0 heterocycles. The molecule has 0 aromatic carbocycles. The number of esters is 1. The van der Waals surface area contributed by atoms with Gasteiger partial charge in [0.1, 0.15) is 19.3 Å². The zero-order valence-corrected chi connectivity index (χ0v) is 54.0. The van der Waals surface area contributed by atoms with E-state index in [1.54, 1.807) is 0 Å². The van der Waals surface area contributed by atoms with Crippen molar-refractivity contribution in [1.82, 2.24) is 5.32 Å². The van der Waals surface area contributed by atoms with Crippen molar-refractivity contribution in [2.24, 2.45) is 0 Å². The number of rotatable bonds is 62. The Bertz CT molecular complexity index is 1490. The molecule has 0 aromatic rings. The van der Waals surface area contributed by atoms with Gasteiger partial charge in [0.15, 0.2) is 0 Å². The van der Waals surface area contributed by atoms with E-state index >= 15 is 0 Å². The van der Waals surface area contributed by atoms with Gasteiger partial charge in [0, 0.05) is 12.8 Å². The first kappa shape index (κ1) is 77.0. The molecule has 0 aliphatic rings. The first-order valence-electron chi connectivity index (χ1n) is 34.0. The van der Waals surface area contributed by atoms with Crippen LogP contribution in [0.15, 0.2) is 48.6 Å². The summed E-state index contributed by atoms with van der Waals surface area (Å²) < 4.78 is 30.8. The molecule has 3 unspecified atom stereocenters. The van der Waals surface area contributed by atoms with Gasteiger partial charge in [0.05, 0.1) is 33.8 Å². The molecular weight excluding hydrogens is 1000 g/mol. The molecule has 0 radical (unpaired) electrons. The van der Waals surface area contributed by atoms with Gasteiger partial charge in [-0.3, -0.25) is 18.6 Å². The highest BCUT2D eigenvalue weighted by Crippen LogP contribution is 2.43. The molecule has 0 fully saturated rings. The summed E-state index contributed by atoms with van der Waals surface area (Å²) in [6.45, 7) is 7.02. The molecule has 3 atom stereocenters. The van der Waals surface area contributed by atoms with Crippen LogP contribution >= 0.6 is 7.82 Å². The van der Waals surface area contributed by atoms with Crippen molar-refractivity contribution in [2.45, 2.75) is 341 Å². The maximum atomic E-state index is 13.6. The highest BCUT2D eigenvalue weighted by Gasteiger charge is 2.30.